The van der Waals surface area contributed by atoms with E-state index in [0.29, 0.717) is 10.8 Å². The van der Waals surface area contributed by atoms with Crippen molar-refractivity contribution < 1.29 is 0 Å². The van der Waals surface area contributed by atoms with Crippen molar-refractivity contribution >= 4 is 1070 Å². The number of rotatable bonds is 37. The number of halogens is 79. The van der Waals surface area contributed by atoms with Crippen molar-refractivity contribution in [3.05, 3.63) is 126 Å². The average Bonchev–Trinajstić information content (AvgIpc) is 1.54. The summed E-state index contributed by atoms with van der Waals surface area (Å²) in [5.74, 6) is 0. The third-order valence-corrected chi connectivity index (χ3v) is 5970. The van der Waals surface area contributed by atoms with Gasteiger partial charge in [-0.05, 0) is 153 Å². The zero-order valence-electron chi connectivity index (χ0n) is 59.6. The molecule has 1 nitrogen and oxygen atoms in total. The Kier molecular flexibility index (Phi) is 120. The molecule has 3 aliphatic carbocycles. The maximum atomic E-state index is 6.34. The summed E-state index contributed by atoms with van der Waals surface area (Å²) in [5, 5.41) is 1.57. The molecule has 0 spiro atoms. The Bertz CT molecular complexity index is 3850. The van der Waals surface area contributed by atoms with Crippen LogP contribution in [0.3, 0.4) is 0 Å². The van der Waals surface area contributed by atoms with Crippen LogP contribution in [0.15, 0.2) is 77.3 Å². The number of anilines is 2. The normalized spacial score (nSPS) is 22.5. The Labute approximate surface area is 1270 Å². The Morgan fingerprint density at radius 1 is 0.280 bits per heavy atom. The van der Waals surface area contributed by atoms with Gasteiger partial charge in [-0.3, -0.25) is 0 Å². The second-order valence-corrected chi connectivity index (χ2v) is 1830. The van der Waals surface area contributed by atoms with Crippen molar-refractivity contribution in [3.8, 4) is 0 Å². The first-order chi connectivity index (χ1) is 57.6. The van der Waals surface area contributed by atoms with Gasteiger partial charge in [-0.15, -0.1) is 0 Å². The van der Waals surface area contributed by atoms with E-state index in [0.717, 1.165) is 14.5 Å². The van der Waals surface area contributed by atoms with E-state index in [2.05, 4.69) is 845 Å². The summed E-state index contributed by atoms with van der Waals surface area (Å²) in [5.41, 5.74) is 14.5. The zero-order chi connectivity index (χ0) is 95.7. The summed E-state index contributed by atoms with van der Waals surface area (Å²) in [6.07, 6.45) is 12.1. The summed E-state index contributed by atoms with van der Waals surface area (Å²) < 4.78 is 1.02. The summed E-state index contributed by atoms with van der Waals surface area (Å²) in [4.78, 5) is 2.59. The van der Waals surface area contributed by atoms with E-state index >= 15 is 0 Å². The first-order valence-corrected chi connectivity index (χ1v) is 502. The van der Waals surface area contributed by atoms with E-state index in [9.17, 15) is 0 Å². The van der Waals surface area contributed by atoms with Crippen LogP contribution in [0.5, 0.6) is 0 Å². The second kappa shape index (κ2) is 89.3. The van der Waals surface area contributed by atoms with Crippen LogP contribution in [-0.4, -0.2) is 5.54 Å². The molecule has 4 aromatic carbocycles. The van der Waals surface area contributed by atoms with Crippen molar-refractivity contribution in [2.24, 2.45) is 5.41 Å². The van der Waals surface area contributed by atoms with Gasteiger partial charge in [0.2, 0.25) is 0 Å². The Morgan fingerprint density at radius 2 is 0.528 bits per heavy atom. The molecule has 4 aliphatic rings. The Morgan fingerprint density at radius 3 is 0.800 bits per heavy atom. The minimum atomic E-state index is -0.632. The molecule has 2 saturated carbocycles. The molecule has 0 N–H and O–H groups in total. The molecule has 792 valence electrons. The molecule has 0 aromatic heterocycles. The standard InChI is InChI=1S/C22H26ClN.C17H24.C6H4BrCl.I76/c1-15-12-16(2)20-19(13-15)24(18-9-7-8-17(23)14-18)22(4)11-6-5-10-21(20,22)3;1-12-9-13(2)15-14(10-12)11-16(3)7-5-6-8-17(15,16)4;7-5-2-1-3-6(8)4-5;1-40(2)42(5)44(7)46(9)48(11)50(13)52(15)54(17)56(19)58(21)60(23)62(25)64(27)66(29)68(31)70(33)72(35)74(37)76(39)75(38)73(36)71(34)69(32)67(30)65(28)63(26)61(24)59(22)57(20)55(18)53(16)51(14)49(12)47(10)45(8)43(6)41(3)4/h7-9,12-14H,5-6,10-11H2,1-4H3;9-10H,5-8,11H2,1-4H3;1-4H;. The summed E-state index contributed by atoms with van der Waals surface area (Å²) in [6, 6.07) is 25.4. The zero-order valence-corrected chi connectivity index (χ0v) is 227. The van der Waals surface area contributed by atoms with Crippen molar-refractivity contribution in [2.45, 2.75) is 130 Å². The van der Waals surface area contributed by atoms with Crippen molar-refractivity contribution in [3.63, 3.8) is 0 Å². The molecular formula is C45H54BrCl2I76N. The van der Waals surface area contributed by atoms with Crippen LogP contribution in [0.25, 0.3) is 0 Å². The number of nitrogens with zero attached hydrogens (tertiary/aromatic N) is 1. The molecule has 125 heavy (non-hydrogen) atoms. The number of aryl methyl sites for hydroxylation is 4. The number of hydrogen-bond donors (Lipinski definition) is 0. The molecule has 4 atom stereocenters. The summed E-state index contributed by atoms with van der Waals surface area (Å²) >= 11 is 146. The topological polar surface area (TPSA) is 3.24 Å². The van der Waals surface area contributed by atoms with E-state index in [1.54, 1.807) is 16.7 Å². The predicted molar refractivity (Wildman–Crippen MR) is 1280 cm³/mol. The van der Waals surface area contributed by atoms with Crippen LogP contribution in [-0.2, 0) is 17.3 Å². The van der Waals surface area contributed by atoms with Crippen LogP contribution >= 0.6 is 1060 Å². The minimum absolute atomic E-state index is 0.108. The monoisotopic (exact) mass is 10400 g/mol. The fourth-order valence-electron chi connectivity index (χ4n) is 11.6. The molecule has 2 fully saturated rings. The van der Waals surface area contributed by atoms with Gasteiger partial charge in [-0.2, -0.15) is 0 Å². The van der Waals surface area contributed by atoms with E-state index in [1.165, 1.54) is 91.4 Å². The first kappa shape index (κ1) is 169. The quantitative estimate of drug-likeness (QED) is 0.0407. The van der Waals surface area contributed by atoms with Gasteiger partial charge < -0.3 is 4.90 Å². The van der Waals surface area contributed by atoms with Crippen LogP contribution in [0.1, 0.15) is 118 Å². The van der Waals surface area contributed by atoms with Crippen LogP contribution in [0, 0.1) is 33.1 Å². The molecule has 1 heterocycles. The molecule has 4 unspecified atom stereocenters. The van der Waals surface area contributed by atoms with Gasteiger partial charge in [0.15, 0.2) is 0 Å². The van der Waals surface area contributed by atoms with Gasteiger partial charge in [0, 0.05) is 31.3 Å². The SMILES string of the molecule is Cc1cc(C)c2c(c1)CC1(C)CCCCC21C.Cc1cc(C)c2c(c1)N(c1cccc(Cl)c1)C1(C)CCCCC21C.Clc1cccc(Br)c1.II(I)I(I)I(I)I(I)I(I)I(I)I(I)I(I)I(I)I(I)I(I)I(I)I(I)I(I)I(I)I(I)I(I)I(I)I(I)I(I)I(I)I(I)I(I)I(I)I(I)I(I)I(I)I(I)I(I)I(I)I(I)I(I)I(I)I(I)I(I)I(I)I(I)I. The molecule has 0 bridgehead atoms. The first-order valence-electron chi connectivity index (χ1n) is 29.0. The molecule has 4 aromatic rings. The van der Waals surface area contributed by atoms with Gasteiger partial charge >= 0.3 is 1020 Å². The second-order valence-electron chi connectivity index (χ2n) is 22.4. The predicted octanol–water partition coefficient (Wildman–Crippen LogP) is 81.8. The number of fused-ring (bicyclic) bond motifs is 6. The summed E-state index contributed by atoms with van der Waals surface area (Å²) in [7, 11) is -21.6. The van der Waals surface area contributed by atoms with E-state index in [-0.39, 0.29) is 11.0 Å². The van der Waals surface area contributed by atoms with Gasteiger partial charge in [-0.1, -0.05) is 121 Å². The van der Waals surface area contributed by atoms with Gasteiger partial charge in [0.1, 0.15) is 0 Å². The van der Waals surface area contributed by atoms with Crippen molar-refractivity contribution in [2.75, 3.05) is 4.90 Å². The molecule has 80 heteroatoms. The number of benzene rings is 4. The van der Waals surface area contributed by atoms with Gasteiger partial charge in [-0.25, -0.2) is 0 Å². The fourth-order valence-corrected chi connectivity index (χ4v) is 14700. The Balaban J connectivity index is 0.000000439. The van der Waals surface area contributed by atoms with Gasteiger partial charge in [0.25, 0.3) is 0 Å². The third kappa shape index (κ3) is 54.4. The maximum absolute atomic E-state index is 6.34. The molecular weight excluding hydrogens is 10400 g/mol. The molecule has 0 radical (unpaired) electrons. The number of hydrogen-bond acceptors (Lipinski definition) is 1. The van der Waals surface area contributed by atoms with E-state index < -0.39 is 292 Å². The van der Waals surface area contributed by atoms with Gasteiger partial charge in [0.05, 0.1) is 5.54 Å². The average molecular weight is 10400 g/mol. The third-order valence-electron chi connectivity index (χ3n) is 16.0. The summed E-state index contributed by atoms with van der Waals surface area (Å²) in [6.45, 7) is 19.0. The van der Waals surface area contributed by atoms with Crippen LogP contribution < -0.4 is 4.90 Å². The molecule has 0 saturated heterocycles. The van der Waals surface area contributed by atoms with E-state index in [1.807, 2.05) is 30.3 Å². The van der Waals surface area contributed by atoms with Crippen LogP contribution in [0.4, 0.5) is 11.4 Å². The van der Waals surface area contributed by atoms with Crippen molar-refractivity contribution in [1.82, 2.24) is 0 Å². The molecule has 8 rings (SSSR count). The molecule has 1 aliphatic heterocycles. The van der Waals surface area contributed by atoms with E-state index in [4.69, 9.17) is 23.2 Å². The fraction of sp³-hybridized carbons (Fsp3) is 0.467. The van der Waals surface area contributed by atoms with Crippen molar-refractivity contribution in [1.29, 1.82) is 0 Å². The van der Waals surface area contributed by atoms with Crippen LogP contribution in [0.2, 0.25) is 10.0 Å². The Hall–Kier alpha value is 53.2. The molecule has 0 amide bonds.